The molecule has 19 nitrogen and oxygen atoms in total. The van der Waals surface area contributed by atoms with Gasteiger partial charge in [0.2, 0.25) is 6.29 Å². The molecule has 11 atom stereocenters. The summed E-state index contributed by atoms with van der Waals surface area (Å²) < 4.78 is 22.2. The van der Waals surface area contributed by atoms with Crippen molar-refractivity contribution < 1.29 is 89.3 Å². The number of carbonyl (C=O) groups is 3. The number of quaternary nitrogens is 1. The number of aliphatic hydroxyl groups excluding tert-OH is 5. The third kappa shape index (κ3) is 6.83. The van der Waals surface area contributed by atoms with E-state index in [9.17, 15) is 65.4 Å². The summed E-state index contributed by atoms with van der Waals surface area (Å²) in [6, 6.07) is 0.0977. The third-order valence-corrected chi connectivity index (χ3v) is 8.81. The predicted molar refractivity (Wildman–Crippen MR) is 150 cm³/mol. The standard InChI is InChI=1S/C29H36N2O17/c32-8-19-20(35)21(36)22(48-28-23(37)29(44,9-33)10-45-28)27(47-19)46-18-6-12-5-16(26(42)43)31(15(12)7-17(18)34)2-1-11-3-13(24(38)39)30-14(4-11)25(40)41/h1,3,6-7,14,16,19-23,27-28,30,32-37,44H,2,4-5,8-10H2,(H,38,39)(H,40,41)(H,42,43). The number of rotatable bonds is 11. The van der Waals surface area contributed by atoms with E-state index in [1.54, 1.807) is 0 Å². The monoisotopic (exact) mass is 684 g/mol. The zero-order valence-electron chi connectivity index (χ0n) is 25.0. The van der Waals surface area contributed by atoms with Crippen LogP contribution in [0.15, 0.2) is 35.6 Å². The number of phenolic OH excluding ortho intramolecular Hbond substituents is 1. The molecule has 0 amide bonds. The van der Waals surface area contributed by atoms with E-state index in [1.165, 1.54) is 24.3 Å². The smallest absolute Gasteiger partial charge is 0.351 e. The van der Waals surface area contributed by atoms with Gasteiger partial charge in [-0.25, -0.2) is 9.59 Å². The van der Waals surface area contributed by atoms with Gasteiger partial charge >= 0.3 is 11.9 Å². The third-order valence-electron chi connectivity index (χ3n) is 8.81. The molecule has 4 aliphatic rings. The number of aliphatic carboxylic acids is 3. The van der Waals surface area contributed by atoms with Crippen LogP contribution in [0.25, 0.3) is 0 Å². The zero-order chi connectivity index (χ0) is 35.1. The van der Waals surface area contributed by atoms with Crippen LogP contribution in [0.5, 0.6) is 11.5 Å². The molecular weight excluding hydrogens is 648 g/mol. The normalized spacial score (nSPS) is 37.0. The molecule has 5 rings (SSSR count). The van der Waals surface area contributed by atoms with E-state index < -0.39 is 104 Å². The van der Waals surface area contributed by atoms with Gasteiger partial charge in [0.25, 0.3) is 0 Å². The summed E-state index contributed by atoms with van der Waals surface area (Å²) >= 11 is 0. The van der Waals surface area contributed by atoms with Gasteiger partial charge in [-0.2, -0.15) is 0 Å². The summed E-state index contributed by atoms with van der Waals surface area (Å²) in [4.78, 5) is 35.5. The number of ether oxygens (including phenoxy) is 4. The lowest BCUT2D eigenvalue weighted by molar-refractivity contribution is -0.840. The van der Waals surface area contributed by atoms with Gasteiger partial charge in [-0.15, -0.1) is 0 Å². The number of carboxylic acids is 3. The Morgan fingerprint density at radius 2 is 1.83 bits per heavy atom. The molecule has 48 heavy (non-hydrogen) atoms. The van der Waals surface area contributed by atoms with Crippen molar-refractivity contribution in [2.75, 3.05) is 26.4 Å². The average Bonchev–Trinajstić information content (AvgIpc) is 3.55. The SMILES string of the molecule is O=C(O)C1=CC(=CC[NH+]2c3cc(O)c(OC4OC(CO)C(O)C(O)C4OC4OCC(O)(CO)C4O)cc3CC2C(=O)[O-])CC(C(=O)O)N1. The van der Waals surface area contributed by atoms with Crippen molar-refractivity contribution in [2.24, 2.45) is 0 Å². The molecule has 264 valence electrons. The lowest BCUT2D eigenvalue weighted by atomic mass is 9.98. The second kappa shape index (κ2) is 13.9. The van der Waals surface area contributed by atoms with Crippen LogP contribution in [0, 0.1) is 0 Å². The summed E-state index contributed by atoms with van der Waals surface area (Å²) in [6.45, 7) is -2.27. The molecule has 1 aromatic carbocycles. The number of carboxylic acid groups (broad SMARTS) is 3. The maximum atomic E-state index is 12.1. The van der Waals surface area contributed by atoms with Crippen molar-refractivity contribution >= 4 is 23.6 Å². The zero-order valence-corrected chi connectivity index (χ0v) is 25.0. The van der Waals surface area contributed by atoms with Gasteiger partial charge in [0.05, 0.1) is 19.8 Å². The fraction of sp³-hybridized carbons (Fsp3) is 0.552. The Bertz CT molecular complexity index is 1480. The average molecular weight is 685 g/mol. The van der Waals surface area contributed by atoms with Crippen LogP contribution in [0.2, 0.25) is 0 Å². The number of hydrogen-bond donors (Lipinski definition) is 11. The van der Waals surface area contributed by atoms with Crippen molar-refractivity contribution in [3.63, 3.8) is 0 Å². The van der Waals surface area contributed by atoms with E-state index in [0.29, 0.717) is 16.8 Å². The summed E-state index contributed by atoms with van der Waals surface area (Å²) in [5.74, 6) is -4.93. The molecule has 2 fully saturated rings. The van der Waals surface area contributed by atoms with Crippen molar-refractivity contribution in [2.45, 2.75) is 73.6 Å². The number of aliphatic hydroxyl groups is 6. The van der Waals surface area contributed by atoms with Crippen LogP contribution in [0.1, 0.15) is 12.0 Å². The van der Waals surface area contributed by atoms with Gasteiger partial charge in [-0.05, 0) is 23.8 Å². The quantitative estimate of drug-likeness (QED) is 0.103. The second-order valence-corrected chi connectivity index (χ2v) is 12.0. The Labute approximate surface area is 271 Å². The number of allylic oxidation sites excluding steroid dienone is 1. The summed E-state index contributed by atoms with van der Waals surface area (Å²) in [5.41, 5.74) is -1.43. The van der Waals surface area contributed by atoms with Crippen molar-refractivity contribution in [1.29, 1.82) is 0 Å². The molecule has 0 aliphatic carbocycles. The Morgan fingerprint density at radius 1 is 1.10 bits per heavy atom. The molecule has 4 heterocycles. The topological polar surface area (TPSA) is 310 Å². The van der Waals surface area contributed by atoms with E-state index in [1.807, 2.05) is 0 Å². The largest absolute Gasteiger partial charge is 0.544 e. The van der Waals surface area contributed by atoms with Gasteiger partial charge < -0.3 is 80.1 Å². The number of aromatic hydroxyl groups is 1. The first-order valence-electron chi connectivity index (χ1n) is 14.8. The Hall–Kier alpha value is -3.89. The maximum absolute atomic E-state index is 12.1. The second-order valence-electron chi connectivity index (χ2n) is 12.0. The highest BCUT2D eigenvalue weighted by Gasteiger charge is 2.53. The van der Waals surface area contributed by atoms with Crippen LogP contribution in [-0.4, -0.2) is 151 Å². The molecule has 19 heteroatoms. The van der Waals surface area contributed by atoms with E-state index >= 15 is 0 Å². The molecule has 11 unspecified atom stereocenters. The molecule has 0 saturated carbocycles. The number of fused-ring (bicyclic) bond motifs is 1. The fourth-order valence-electron chi connectivity index (χ4n) is 6.08. The van der Waals surface area contributed by atoms with Crippen LogP contribution in [0.3, 0.4) is 0 Å². The highest BCUT2D eigenvalue weighted by atomic mass is 16.8. The number of nitrogens with one attached hydrogen (secondary N) is 2. The first kappa shape index (κ1) is 35.4. The Balaban J connectivity index is 1.40. The predicted octanol–water partition coefficient (Wildman–Crippen LogP) is -6.43. The van der Waals surface area contributed by atoms with Crippen LogP contribution >= 0.6 is 0 Å². The highest BCUT2D eigenvalue weighted by Crippen LogP contribution is 2.38. The lowest BCUT2D eigenvalue weighted by Crippen LogP contribution is -3.11. The minimum Gasteiger partial charge on any atom is -0.544 e. The molecule has 2 saturated heterocycles. The molecule has 0 spiro atoms. The Morgan fingerprint density at radius 3 is 2.44 bits per heavy atom. The van der Waals surface area contributed by atoms with Crippen LogP contribution in [-0.2, 0) is 35.0 Å². The lowest BCUT2D eigenvalue weighted by Gasteiger charge is -2.42. The van der Waals surface area contributed by atoms with E-state index in [-0.39, 0.29) is 35.7 Å². The van der Waals surface area contributed by atoms with Gasteiger partial charge in [-0.1, -0.05) is 0 Å². The van der Waals surface area contributed by atoms with Gasteiger partial charge in [0.15, 0.2) is 23.9 Å². The van der Waals surface area contributed by atoms with Crippen LogP contribution in [0.4, 0.5) is 5.69 Å². The minimum absolute atomic E-state index is 0.0653. The molecular formula is C29H36N2O17. The number of carbonyl (C=O) groups excluding carboxylic acids is 1. The molecule has 4 aliphatic heterocycles. The first-order valence-corrected chi connectivity index (χ1v) is 14.8. The van der Waals surface area contributed by atoms with Gasteiger partial charge in [-0.3, -0.25) is 4.90 Å². The highest BCUT2D eigenvalue weighted by molar-refractivity contribution is 5.89. The van der Waals surface area contributed by atoms with Crippen molar-refractivity contribution in [3.8, 4) is 11.5 Å². The summed E-state index contributed by atoms with van der Waals surface area (Å²) in [6.07, 6.45) is -9.17. The van der Waals surface area contributed by atoms with E-state index in [4.69, 9.17) is 18.9 Å². The fourth-order valence-corrected chi connectivity index (χ4v) is 6.08. The van der Waals surface area contributed by atoms with Gasteiger partial charge in [0, 0.05) is 24.5 Å². The first-order chi connectivity index (χ1) is 22.7. The van der Waals surface area contributed by atoms with Crippen molar-refractivity contribution in [3.05, 3.63) is 41.1 Å². The molecule has 11 N–H and O–H groups in total. The van der Waals surface area contributed by atoms with Gasteiger partial charge in [0.1, 0.15) is 66.0 Å². The van der Waals surface area contributed by atoms with Crippen molar-refractivity contribution in [1.82, 2.24) is 5.32 Å². The maximum Gasteiger partial charge on any atom is 0.351 e. The van der Waals surface area contributed by atoms with Crippen LogP contribution < -0.4 is 20.1 Å². The van der Waals surface area contributed by atoms with E-state index in [2.05, 4.69) is 5.32 Å². The molecule has 0 radical (unpaired) electrons. The minimum atomic E-state index is -2.09. The number of phenols is 1. The summed E-state index contributed by atoms with van der Waals surface area (Å²) in [7, 11) is 0. The van der Waals surface area contributed by atoms with E-state index in [0.717, 1.165) is 0 Å². The number of benzene rings is 1. The number of hydrogen-bond acceptors (Lipinski definition) is 16. The molecule has 0 aromatic heterocycles. The Kier molecular flexibility index (Phi) is 10.3. The molecule has 0 bridgehead atoms. The molecule has 1 aromatic rings. The summed E-state index contributed by atoms with van der Waals surface area (Å²) in [5, 5.41) is 105.